The van der Waals surface area contributed by atoms with Crippen molar-refractivity contribution in [3.8, 4) is 0 Å². The van der Waals surface area contributed by atoms with Gasteiger partial charge in [0.2, 0.25) is 5.91 Å². The van der Waals surface area contributed by atoms with Gasteiger partial charge in [0.1, 0.15) is 0 Å². The molecule has 1 heterocycles. The Kier molecular flexibility index (Phi) is 7.28. The Balaban J connectivity index is 1.78. The van der Waals surface area contributed by atoms with Crippen LogP contribution in [-0.4, -0.2) is 33.8 Å². The summed E-state index contributed by atoms with van der Waals surface area (Å²) in [6.07, 6.45) is 0. The molecule has 0 saturated carbocycles. The number of hydrogen-bond donors (Lipinski definition) is 1. The van der Waals surface area contributed by atoms with Gasteiger partial charge in [-0.25, -0.2) is 9.78 Å². The number of imidazole rings is 1. The number of carbonyl (C=O) groups excluding carboxylic acids is 2. The van der Waals surface area contributed by atoms with Crippen molar-refractivity contribution in [2.24, 2.45) is 0 Å². The Hall–Kier alpha value is -2.22. The molecule has 0 unspecified atom stereocenters. The molecule has 0 aliphatic heterocycles. The van der Waals surface area contributed by atoms with Crippen LogP contribution in [0.2, 0.25) is 10.0 Å². The lowest BCUT2D eigenvalue weighted by Gasteiger charge is -2.11. The molecule has 0 atom stereocenters. The average Bonchev–Trinajstić information content (AvgIpc) is 3.09. The number of benzene rings is 2. The first kappa shape index (κ1) is 22.5. The van der Waals surface area contributed by atoms with Crippen LogP contribution in [0.4, 0.5) is 5.69 Å². The summed E-state index contributed by atoms with van der Waals surface area (Å²) in [5.74, 6) is -0.489. The van der Waals surface area contributed by atoms with E-state index in [2.05, 4.69) is 10.3 Å². The number of fused-ring (bicyclic) bond motifs is 1. The van der Waals surface area contributed by atoms with E-state index in [4.69, 9.17) is 27.9 Å². The Labute approximate surface area is 188 Å². The molecule has 0 bridgehead atoms. The summed E-state index contributed by atoms with van der Waals surface area (Å²) in [5.41, 5.74) is 3.25. The van der Waals surface area contributed by atoms with Crippen molar-refractivity contribution in [1.29, 1.82) is 0 Å². The fourth-order valence-electron chi connectivity index (χ4n) is 2.94. The predicted octanol–water partition coefficient (Wildman–Crippen LogP) is 5.58. The van der Waals surface area contributed by atoms with Crippen LogP contribution >= 0.6 is 35.0 Å². The van der Waals surface area contributed by atoms with Crippen molar-refractivity contribution >= 4 is 63.6 Å². The molecular formula is C21H21Cl2N3O3S. The zero-order valence-corrected chi connectivity index (χ0v) is 19.1. The molecule has 0 saturated heterocycles. The van der Waals surface area contributed by atoms with Crippen LogP contribution in [0.25, 0.3) is 11.0 Å². The van der Waals surface area contributed by atoms with E-state index in [1.54, 1.807) is 31.2 Å². The topological polar surface area (TPSA) is 73.2 Å². The molecule has 9 heteroatoms. The maximum Gasteiger partial charge on any atom is 0.338 e. The summed E-state index contributed by atoms with van der Waals surface area (Å²) in [6.45, 7) is 6.59. The Morgan fingerprint density at radius 1 is 1.20 bits per heavy atom. The van der Waals surface area contributed by atoms with Crippen LogP contribution in [0.5, 0.6) is 0 Å². The standard InChI is InChI=1S/C21H21Cl2N3O3S/c1-4-26-16-9-7-13(20(28)29-5-2)10-15(16)24-21(26)30-11-17(27)25-19-14(22)8-6-12(3)18(19)23/h6-10H,4-5,11H2,1-3H3,(H,25,27). The first-order valence-corrected chi connectivity index (χ1v) is 11.1. The molecule has 0 spiro atoms. The summed E-state index contributed by atoms with van der Waals surface area (Å²) in [6, 6.07) is 8.76. The SMILES string of the molecule is CCOC(=O)c1ccc2c(c1)nc(SCC(=O)Nc1c(Cl)ccc(C)c1Cl)n2CC. The van der Waals surface area contributed by atoms with E-state index < -0.39 is 0 Å². The minimum absolute atomic E-state index is 0.134. The maximum absolute atomic E-state index is 12.5. The zero-order valence-electron chi connectivity index (χ0n) is 16.8. The molecule has 1 N–H and O–H groups in total. The van der Waals surface area contributed by atoms with Crippen molar-refractivity contribution in [3.05, 3.63) is 51.5 Å². The van der Waals surface area contributed by atoms with Gasteiger partial charge in [-0.3, -0.25) is 4.79 Å². The van der Waals surface area contributed by atoms with Crippen molar-refractivity contribution in [2.75, 3.05) is 17.7 Å². The molecule has 158 valence electrons. The zero-order chi connectivity index (χ0) is 21.8. The largest absolute Gasteiger partial charge is 0.462 e. The number of ether oxygens (including phenoxy) is 1. The van der Waals surface area contributed by atoms with Crippen molar-refractivity contribution < 1.29 is 14.3 Å². The van der Waals surface area contributed by atoms with Gasteiger partial charge in [0.15, 0.2) is 5.16 Å². The van der Waals surface area contributed by atoms with Crippen LogP contribution in [0.15, 0.2) is 35.5 Å². The van der Waals surface area contributed by atoms with Crippen LogP contribution in [0.3, 0.4) is 0 Å². The summed E-state index contributed by atoms with van der Waals surface area (Å²) in [5, 5.41) is 4.27. The molecule has 3 rings (SSSR count). The van der Waals surface area contributed by atoms with Gasteiger partial charge in [0.05, 0.1) is 44.7 Å². The molecule has 0 aliphatic carbocycles. The minimum atomic E-state index is -0.383. The lowest BCUT2D eigenvalue weighted by molar-refractivity contribution is -0.113. The fourth-order valence-corrected chi connectivity index (χ4v) is 4.29. The van der Waals surface area contributed by atoms with Gasteiger partial charge in [0, 0.05) is 6.54 Å². The van der Waals surface area contributed by atoms with Crippen LogP contribution < -0.4 is 5.32 Å². The molecule has 1 aromatic heterocycles. The van der Waals surface area contributed by atoms with Crippen molar-refractivity contribution in [2.45, 2.75) is 32.5 Å². The normalized spacial score (nSPS) is 11.0. The molecule has 0 fully saturated rings. The second-order valence-electron chi connectivity index (χ2n) is 6.45. The number of esters is 1. The monoisotopic (exact) mass is 465 g/mol. The molecule has 6 nitrogen and oxygen atoms in total. The number of anilines is 1. The number of nitrogens with zero attached hydrogens (tertiary/aromatic N) is 2. The number of amides is 1. The van der Waals surface area contributed by atoms with E-state index in [9.17, 15) is 9.59 Å². The first-order valence-electron chi connectivity index (χ1n) is 9.40. The predicted molar refractivity (Wildman–Crippen MR) is 122 cm³/mol. The third-order valence-corrected chi connectivity index (χ3v) is 6.20. The van der Waals surface area contributed by atoms with Crippen LogP contribution in [0.1, 0.15) is 29.8 Å². The van der Waals surface area contributed by atoms with Gasteiger partial charge in [-0.05, 0) is 50.6 Å². The summed E-state index contributed by atoms with van der Waals surface area (Å²) >= 11 is 13.7. The van der Waals surface area contributed by atoms with Crippen LogP contribution in [-0.2, 0) is 16.1 Å². The third-order valence-electron chi connectivity index (χ3n) is 4.42. The quantitative estimate of drug-likeness (QED) is 0.364. The molecule has 2 aromatic carbocycles. The van der Waals surface area contributed by atoms with Crippen molar-refractivity contribution in [3.63, 3.8) is 0 Å². The number of nitrogens with one attached hydrogen (secondary N) is 1. The van der Waals surface area contributed by atoms with E-state index >= 15 is 0 Å². The summed E-state index contributed by atoms with van der Waals surface area (Å²) in [4.78, 5) is 29.1. The highest BCUT2D eigenvalue weighted by Gasteiger charge is 2.16. The Morgan fingerprint density at radius 2 is 1.97 bits per heavy atom. The minimum Gasteiger partial charge on any atom is -0.462 e. The summed E-state index contributed by atoms with van der Waals surface area (Å²) < 4.78 is 7.05. The van der Waals surface area contributed by atoms with Gasteiger partial charge in [-0.2, -0.15) is 0 Å². The Bertz CT molecular complexity index is 1110. The van der Waals surface area contributed by atoms with Crippen LogP contribution in [0, 0.1) is 6.92 Å². The highest BCUT2D eigenvalue weighted by atomic mass is 35.5. The fraction of sp³-hybridized carbons (Fsp3) is 0.286. The molecule has 1 amide bonds. The van der Waals surface area contributed by atoms with Gasteiger partial charge in [-0.1, -0.05) is 41.0 Å². The van der Waals surface area contributed by atoms with E-state index in [0.717, 1.165) is 11.1 Å². The molecule has 30 heavy (non-hydrogen) atoms. The average molecular weight is 466 g/mol. The molecular weight excluding hydrogens is 445 g/mol. The van der Waals surface area contributed by atoms with E-state index in [-0.39, 0.29) is 17.6 Å². The number of hydrogen-bond acceptors (Lipinski definition) is 5. The van der Waals surface area contributed by atoms with Gasteiger partial charge < -0.3 is 14.6 Å². The number of aromatic nitrogens is 2. The maximum atomic E-state index is 12.5. The molecule has 3 aromatic rings. The van der Waals surface area contributed by atoms with Gasteiger partial charge >= 0.3 is 5.97 Å². The lowest BCUT2D eigenvalue weighted by atomic mass is 10.2. The first-order chi connectivity index (χ1) is 14.3. The number of thioether (sulfide) groups is 1. The summed E-state index contributed by atoms with van der Waals surface area (Å²) in [7, 11) is 0. The number of rotatable bonds is 7. The smallest absolute Gasteiger partial charge is 0.338 e. The number of aryl methyl sites for hydroxylation is 2. The van der Waals surface area contributed by atoms with Crippen molar-refractivity contribution in [1.82, 2.24) is 9.55 Å². The van der Waals surface area contributed by atoms with Gasteiger partial charge in [-0.15, -0.1) is 0 Å². The molecule has 0 aliphatic rings. The van der Waals surface area contributed by atoms with E-state index in [1.807, 2.05) is 24.5 Å². The highest BCUT2D eigenvalue weighted by Crippen LogP contribution is 2.33. The van der Waals surface area contributed by atoms with E-state index in [0.29, 0.717) is 45.1 Å². The Morgan fingerprint density at radius 3 is 2.67 bits per heavy atom. The second-order valence-corrected chi connectivity index (χ2v) is 8.18. The lowest BCUT2D eigenvalue weighted by Crippen LogP contribution is -2.15. The van der Waals surface area contributed by atoms with Gasteiger partial charge in [0.25, 0.3) is 0 Å². The number of halogens is 2. The highest BCUT2D eigenvalue weighted by molar-refractivity contribution is 7.99. The molecule has 0 radical (unpaired) electrons. The van der Waals surface area contributed by atoms with E-state index in [1.165, 1.54) is 11.8 Å². The number of carbonyl (C=O) groups is 2. The second kappa shape index (κ2) is 9.73. The third kappa shape index (κ3) is 4.74.